The molecule has 1 aromatic heterocycles. The summed E-state index contributed by atoms with van der Waals surface area (Å²) in [5.41, 5.74) is 4.04. The zero-order valence-corrected chi connectivity index (χ0v) is 19.6. The maximum absolute atomic E-state index is 13.2. The molecule has 1 saturated carbocycles. The van der Waals surface area contributed by atoms with Crippen LogP contribution >= 0.6 is 11.6 Å². The van der Waals surface area contributed by atoms with Gasteiger partial charge in [0.1, 0.15) is 24.5 Å². The van der Waals surface area contributed by atoms with E-state index in [1.807, 2.05) is 42.5 Å². The van der Waals surface area contributed by atoms with Crippen LogP contribution in [-0.4, -0.2) is 58.7 Å². The van der Waals surface area contributed by atoms with Gasteiger partial charge in [-0.15, -0.1) is 0 Å². The number of aromatic nitrogens is 1. The molecule has 5 rings (SSSR count). The molecular weight excluding hydrogens is 456 g/mol. The number of hydrogen-bond donors (Lipinski definition) is 3. The summed E-state index contributed by atoms with van der Waals surface area (Å²) in [6, 6.07) is 12.9. The fourth-order valence-electron chi connectivity index (χ4n) is 4.73. The van der Waals surface area contributed by atoms with Crippen molar-refractivity contribution in [1.29, 1.82) is 0 Å². The van der Waals surface area contributed by atoms with Crippen molar-refractivity contribution in [2.45, 2.75) is 37.8 Å². The molecule has 2 aliphatic rings. The summed E-state index contributed by atoms with van der Waals surface area (Å²) in [6.07, 6.45) is 2.93. The molecule has 0 radical (unpaired) electrons. The predicted octanol–water partition coefficient (Wildman–Crippen LogP) is 4.44. The van der Waals surface area contributed by atoms with Crippen molar-refractivity contribution in [1.82, 2.24) is 9.88 Å². The summed E-state index contributed by atoms with van der Waals surface area (Å²) in [5.74, 6) is 1.05. The molecule has 34 heavy (non-hydrogen) atoms. The van der Waals surface area contributed by atoms with Crippen molar-refractivity contribution in [3.8, 4) is 5.75 Å². The number of hydrogen-bond acceptors (Lipinski definition) is 5. The average Bonchev–Trinajstić information content (AvgIpc) is 3.19. The Hall–Kier alpha value is -2.74. The van der Waals surface area contributed by atoms with Gasteiger partial charge >= 0.3 is 6.09 Å². The largest absolute Gasteiger partial charge is 0.491 e. The summed E-state index contributed by atoms with van der Waals surface area (Å²) >= 11 is 6.27. The first-order chi connectivity index (χ1) is 16.5. The van der Waals surface area contributed by atoms with Gasteiger partial charge in [-0.05, 0) is 66.6 Å². The Bertz CT molecular complexity index is 1160. The van der Waals surface area contributed by atoms with E-state index in [1.165, 1.54) is 6.42 Å². The molecule has 0 saturated heterocycles. The minimum atomic E-state index is -0.931. The van der Waals surface area contributed by atoms with Crippen LogP contribution in [0.25, 0.3) is 10.9 Å². The Labute approximate surface area is 203 Å². The van der Waals surface area contributed by atoms with Crippen LogP contribution in [0.1, 0.15) is 42.1 Å². The number of aliphatic hydroxyl groups is 2. The molecule has 0 spiro atoms. The molecule has 1 fully saturated rings. The van der Waals surface area contributed by atoms with Gasteiger partial charge in [0.2, 0.25) is 0 Å². The Morgan fingerprint density at radius 1 is 1.21 bits per heavy atom. The van der Waals surface area contributed by atoms with Crippen LogP contribution in [0.5, 0.6) is 5.75 Å². The molecule has 3 aromatic rings. The lowest BCUT2D eigenvalue weighted by atomic mass is 9.86. The highest BCUT2D eigenvalue weighted by atomic mass is 35.5. The predicted molar refractivity (Wildman–Crippen MR) is 129 cm³/mol. The highest BCUT2D eigenvalue weighted by Gasteiger charge is 2.36. The number of nitrogens with one attached hydrogen (secondary N) is 1. The molecule has 1 unspecified atom stereocenters. The molecular formula is C26H29ClN2O5. The number of halogens is 1. The highest BCUT2D eigenvalue weighted by molar-refractivity contribution is 6.31. The summed E-state index contributed by atoms with van der Waals surface area (Å²) in [5, 5.41) is 20.3. The number of rotatable bonds is 7. The van der Waals surface area contributed by atoms with Crippen LogP contribution in [0.15, 0.2) is 42.5 Å². The first kappa shape index (κ1) is 23.0. The van der Waals surface area contributed by atoms with E-state index in [4.69, 9.17) is 26.2 Å². The molecule has 0 bridgehead atoms. The second kappa shape index (κ2) is 9.86. The number of aromatic amines is 1. The monoisotopic (exact) mass is 484 g/mol. The van der Waals surface area contributed by atoms with E-state index < -0.39 is 6.10 Å². The average molecular weight is 485 g/mol. The van der Waals surface area contributed by atoms with E-state index in [-0.39, 0.29) is 25.3 Å². The van der Waals surface area contributed by atoms with Gasteiger partial charge in [0.25, 0.3) is 0 Å². The maximum atomic E-state index is 13.2. The topological polar surface area (TPSA) is 95.0 Å². The maximum Gasteiger partial charge on any atom is 0.410 e. The molecule has 2 atom stereocenters. The number of fused-ring (bicyclic) bond motifs is 3. The quantitative estimate of drug-likeness (QED) is 0.461. The van der Waals surface area contributed by atoms with Gasteiger partial charge in [-0.2, -0.15) is 0 Å². The number of aliphatic hydroxyl groups excluding tert-OH is 2. The minimum absolute atomic E-state index is 0.00577. The number of amides is 1. The van der Waals surface area contributed by atoms with Crippen molar-refractivity contribution in [2.24, 2.45) is 5.92 Å². The second-order valence-electron chi connectivity index (χ2n) is 9.14. The van der Waals surface area contributed by atoms with Gasteiger partial charge in [-0.25, -0.2) is 4.79 Å². The van der Waals surface area contributed by atoms with Crippen molar-refractivity contribution in [3.63, 3.8) is 0 Å². The lowest BCUT2D eigenvalue weighted by Crippen LogP contribution is -2.41. The molecule has 1 amide bonds. The Kier molecular flexibility index (Phi) is 6.68. The number of carbonyl (C=O) groups excluding carboxylic acids is 1. The summed E-state index contributed by atoms with van der Waals surface area (Å²) in [7, 11) is 0. The Balaban J connectivity index is 1.45. The van der Waals surface area contributed by atoms with Gasteiger partial charge in [0, 0.05) is 28.2 Å². The fourth-order valence-corrected chi connectivity index (χ4v) is 4.90. The second-order valence-corrected chi connectivity index (χ2v) is 9.58. The summed E-state index contributed by atoms with van der Waals surface area (Å²) in [4.78, 5) is 18.5. The van der Waals surface area contributed by atoms with Crippen molar-refractivity contribution >= 4 is 28.6 Å². The zero-order valence-electron chi connectivity index (χ0n) is 18.9. The van der Waals surface area contributed by atoms with Gasteiger partial charge in [-0.3, -0.25) is 4.90 Å². The lowest BCUT2D eigenvalue weighted by Gasteiger charge is -2.36. The number of benzene rings is 2. The van der Waals surface area contributed by atoms with Gasteiger partial charge in [0.15, 0.2) is 0 Å². The first-order valence-corrected chi connectivity index (χ1v) is 12.2. The van der Waals surface area contributed by atoms with E-state index in [0.717, 1.165) is 40.6 Å². The third kappa shape index (κ3) is 4.60. The smallest absolute Gasteiger partial charge is 0.410 e. The van der Waals surface area contributed by atoms with Crippen molar-refractivity contribution < 1.29 is 24.5 Å². The fraction of sp³-hybridized carbons (Fsp3) is 0.423. The Morgan fingerprint density at radius 2 is 2.00 bits per heavy atom. The zero-order chi connectivity index (χ0) is 23.7. The number of nitrogens with zero attached hydrogens (tertiary/aromatic N) is 1. The molecule has 8 heteroatoms. The van der Waals surface area contributed by atoms with E-state index >= 15 is 0 Å². The number of H-pyrrole nitrogens is 1. The molecule has 1 aliphatic heterocycles. The van der Waals surface area contributed by atoms with E-state index in [1.54, 1.807) is 4.90 Å². The molecule has 180 valence electrons. The highest BCUT2D eigenvalue weighted by Crippen LogP contribution is 2.40. The summed E-state index contributed by atoms with van der Waals surface area (Å²) < 4.78 is 11.3. The van der Waals surface area contributed by atoms with Gasteiger partial charge in [0.05, 0.1) is 13.2 Å². The van der Waals surface area contributed by atoms with Crippen LogP contribution in [0.4, 0.5) is 4.79 Å². The SMILES string of the molecule is O=C(OCC1CCC1)N1CCc2c([nH]c3ccc(Cl)cc23)[C@@H]1c1ccc(OCC(O)CO)cc1. The van der Waals surface area contributed by atoms with Gasteiger partial charge in [-0.1, -0.05) is 30.2 Å². The number of carbonyl (C=O) groups is 1. The molecule has 2 aromatic carbocycles. The van der Waals surface area contributed by atoms with Crippen molar-refractivity contribution in [3.05, 3.63) is 64.3 Å². The third-order valence-corrected chi connectivity index (χ3v) is 7.07. The van der Waals surface area contributed by atoms with Crippen LogP contribution in [0.2, 0.25) is 5.02 Å². The van der Waals surface area contributed by atoms with E-state index in [2.05, 4.69) is 4.98 Å². The van der Waals surface area contributed by atoms with Crippen LogP contribution in [0.3, 0.4) is 0 Å². The molecule has 1 aliphatic carbocycles. The Morgan fingerprint density at radius 3 is 2.71 bits per heavy atom. The molecule has 7 nitrogen and oxygen atoms in total. The minimum Gasteiger partial charge on any atom is -0.491 e. The summed E-state index contributed by atoms with van der Waals surface area (Å²) in [6.45, 7) is 0.663. The van der Waals surface area contributed by atoms with E-state index in [0.29, 0.717) is 36.3 Å². The standard InChI is InChI=1S/C26H29ClN2O5/c27-18-6-9-23-22(12-18)21-10-11-29(26(32)34-14-16-2-1-3-16)25(24(21)28-23)17-4-7-20(8-5-17)33-15-19(31)13-30/h4-9,12,16,19,25,28,30-31H,1-3,10-11,13-15H2/t19?,25-/m0/s1. The van der Waals surface area contributed by atoms with Crippen LogP contribution in [-0.2, 0) is 11.2 Å². The normalized spacial score (nSPS) is 18.9. The first-order valence-electron chi connectivity index (χ1n) is 11.8. The number of ether oxygens (including phenoxy) is 2. The van der Waals surface area contributed by atoms with E-state index in [9.17, 15) is 9.90 Å². The van der Waals surface area contributed by atoms with Gasteiger partial charge < -0.3 is 24.7 Å². The molecule has 2 heterocycles. The lowest BCUT2D eigenvalue weighted by molar-refractivity contribution is 0.0535. The third-order valence-electron chi connectivity index (χ3n) is 6.84. The van der Waals surface area contributed by atoms with Crippen molar-refractivity contribution in [2.75, 3.05) is 26.4 Å². The van der Waals surface area contributed by atoms with Crippen LogP contribution < -0.4 is 4.74 Å². The van der Waals surface area contributed by atoms with Crippen LogP contribution in [0, 0.1) is 5.92 Å². The molecule has 3 N–H and O–H groups in total.